The van der Waals surface area contributed by atoms with Gasteiger partial charge in [-0.2, -0.15) is 13.2 Å². The van der Waals surface area contributed by atoms with Gasteiger partial charge in [0.25, 0.3) is 0 Å². The molecule has 1 heterocycles. The minimum atomic E-state index is -4.34. The van der Waals surface area contributed by atoms with Crippen LogP contribution in [0.5, 0.6) is 0 Å². The van der Waals surface area contributed by atoms with Gasteiger partial charge in [-0.3, -0.25) is 4.99 Å². The third-order valence-electron chi connectivity index (χ3n) is 3.56. The number of hydrogen-bond donors (Lipinski definition) is 1. The van der Waals surface area contributed by atoms with Crippen LogP contribution in [0.3, 0.4) is 0 Å². The Kier molecular flexibility index (Phi) is 3.93. The van der Waals surface area contributed by atoms with Gasteiger partial charge >= 0.3 is 6.18 Å². The summed E-state index contributed by atoms with van der Waals surface area (Å²) in [5.41, 5.74) is 3.23. The van der Waals surface area contributed by atoms with Crippen molar-refractivity contribution in [3.8, 4) is 0 Å². The highest BCUT2D eigenvalue weighted by atomic mass is 32.1. The van der Waals surface area contributed by atoms with E-state index in [1.165, 1.54) is 12.1 Å². The number of nitrogens with one attached hydrogen (secondary N) is 1. The first-order valence-electron chi connectivity index (χ1n) is 6.98. The number of anilines is 1. The van der Waals surface area contributed by atoms with E-state index in [2.05, 4.69) is 10.3 Å². The number of alkyl halides is 3. The summed E-state index contributed by atoms with van der Waals surface area (Å²) in [5.74, 6) is 0. The average molecular weight is 334 g/mol. The first-order chi connectivity index (χ1) is 10.8. The number of fused-ring (bicyclic) bond motifs is 1. The highest BCUT2D eigenvalue weighted by Gasteiger charge is 2.30. The van der Waals surface area contributed by atoms with Crippen LogP contribution in [0.1, 0.15) is 23.1 Å². The Balaban J connectivity index is 2.01. The molecule has 0 fully saturated rings. The van der Waals surface area contributed by atoms with Crippen molar-refractivity contribution in [2.75, 3.05) is 5.32 Å². The molecule has 6 heteroatoms. The van der Waals surface area contributed by atoms with Crippen LogP contribution in [-0.4, -0.2) is 10.7 Å². The molecule has 2 aromatic carbocycles. The Morgan fingerprint density at radius 3 is 2.43 bits per heavy atom. The van der Waals surface area contributed by atoms with Crippen LogP contribution in [0.15, 0.2) is 47.5 Å². The monoisotopic (exact) mass is 334 g/mol. The topological polar surface area (TPSA) is 24.4 Å². The Morgan fingerprint density at radius 1 is 1.09 bits per heavy atom. The number of benzene rings is 2. The molecule has 1 aliphatic rings. The molecule has 3 rings (SSSR count). The van der Waals surface area contributed by atoms with E-state index in [9.17, 15) is 13.2 Å². The van der Waals surface area contributed by atoms with Crippen molar-refractivity contribution < 1.29 is 13.2 Å². The quantitative estimate of drug-likeness (QED) is 0.718. The van der Waals surface area contributed by atoms with E-state index < -0.39 is 11.7 Å². The Labute approximate surface area is 137 Å². The highest BCUT2D eigenvalue weighted by Crippen LogP contribution is 2.32. The lowest BCUT2D eigenvalue weighted by Crippen LogP contribution is -2.13. The predicted octanol–water partition coefficient (Wildman–Crippen LogP) is 5.28. The summed E-state index contributed by atoms with van der Waals surface area (Å²) in [7, 11) is 0. The molecule has 0 amide bonds. The van der Waals surface area contributed by atoms with Crippen molar-refractivity contribution >= 4 is 34.3 Å². The molecular formula is C17H13F3N2S. The number of aryl methyl sites for hydroxylation is 1. The van der Waals surface area contributed by atoms with Crippen LogP contribution >= 0.6 is 12.2 Å². The Morgan fingerprint density at radius 2 is 1.78 bits per heavy atom. The van der Waals surface area contributed by atoms with Gasteiger partial charge in [0, 0.05) is 6.42 Å². The minimum Gasteiger partial charge on any atom is -0.348 e. The normalized spacial score (nSPS) is 14.6. The van der Waals surface area contributed by atoms with E-state index >= 15 is 0 Å². The summed E-state index contributed by atoms with van der Waals surface area (Å²) >= 11 is 5.30. The van der Waals surface area contributed by atoms with Crippen LogP contribution in [-0.2, 0) is 6.18 Å². The maximum absolute atomic E-state index is 12.7. The Hall–Kier alpha value is -2.21. The maximum Gasteiger partial charge on any atom is 0.416 e. The van der Waals surface area contributed by atoms with Gasteiger partial charge in [0.15, 0.2) is 0 Å². The molecule has 118 valence electrons. The fraction of sp³-hybridized carbons (Fsp3) is 0.176. The molecule has 0 aliphatic carbocycles. The number of rotatable bonds is 1. The number of halogens is 3. The molecule has 0 saturated carbocycles. The molecule has 0 spiro atoms. The van der Waals surface area contributed by atoms with Crippen LogP contribution < -0.4 is 5.32 Å². The summed E-state index contributed by atoms with van der Waals surface area (Å²) in [6, 6.07) is 10.7. The largest absolute Gasteiger partial charge is 0.416 e. The van der Waals surface area contributed by atoms with E-state index in [-0.39, 0.29) is 0 Å². The first-order valence-corrected chi connectivity index (χ1v) is 7.39. The zero-order valence-corrected chi connectivity index (χ0v) is 13.1. The Bertz CT molecular complexity index is 792. The average Bonchev–Trinajstić information content (AvgIpc) is 2.64. The van der Waals surface area contributed by atoms with E-state index in [0.29, 0.717) is 22.7 Å². The lowest BCUT2D eigenvalue weighted by atomic mass is 10.0. The van der Waals surface area contributed by atoms with Gasteiger partial charge in [-0.05, 0) is 42.3 Å². The molecule has 0 aromatic heterocycles. The first kappa shape index (κ1) is 15.7. The van der Waals surface area contributed by atoms with Gasteiger partial charge in [0.2, 0.25) is 0 Å². The van der Waals surface area contributed by atoms with E-state index in [0.717, 1.165) is 29.1 Å². The summed E-state index contributed by atoms with van der Waals surface area (Å²) < 4.78 is 38.0. The van der Waals surface area contributed by atoms with E-state index in [1.807, 2.05) is 25.1 Å². The number of nitrogens with zero attached hydrogens (tertiary/aromatic N) is 1. The summed E-state index contributed by atoms with van der Waals surface area (Å²) in [5, 5.41) is 3.14. The highest BCUT2D eigenvalue weighted by molar-refractivity contribution is 7.80. The van der Waals surface area contributed by atoms with Gasteiger partial charge in [-0.25, -0.2) is 0 Å². The summed E-state index contributed by atoms with van der Waals surface area (Å²) in [4.78, 5) is 5.17. The minimum absolute atomic E-state index is 0.383. The fourth-order valence-corrected chi connectivity index (χ4v) is 2.64. The fourth-order valence-electron chi connectivity index (χ4n) is 2.40. The SMILES string of the molecule is Cc1ccc2c(c1)NC(=S)CC(c1ccc(C(F)(F)F)cc1)=N2. The molecular weight excluding hydrogens is 321 g/mol. The van der Waals surface area contributed by atoms with Gasteiger partial charge in [-0.15, -0.1) is 0 Å². The van der Waals surface area contributed by atoms with Crippen LogP contribution in [0.25, 0.3) is 0 Å². The molecule has 23 heavy (non-hydrogen) atoms. The van der Waals surface area contributed by atoms with Crippen LogP contribution in [0, 0.1) is 6.92 Å². The van der Waals surface area contributed by atoms with Crippen molar-refractivity contribution in [1.29, 1.82) is 0 Å². The molecule has 0 unspecified atom stereocenters. The second-order valence-corrected chi connectivity index (χ2v) is 5.87. The third kappa shape index (κ3) is 3.42. The lowest BCUT2D eigenvalue weighted by molar-refractivity contribution is -0.137. The standard InChI is InChI=1S/C17H13F3N2S/c1-10-2-7-13-15(8-10)22-16(23)9-14(21-13)11-3-5-12(6-4-11)17(18,19)20/h2-8H,9H2,1H3,(H,22,23). The second-order valence-electron chi connectivity index (χ2n) is 5.38. The van der Waals surface area contributed by atoms with Gasteiger partial charge in [0.1, 0.15) is 0 Å². The molecule has 1 N–H and O–H groups in total. The van der Waals surface area contributed by atoms with Crippen molar-refractivity contribution in [1.82, 2.24) is 0 Å². The van der Waals surface area contributed by atoms with Gasteiger partial charge in [-0.1, -0.05) is 30.4 Å². The molecule has 0 atom stereocenters. The van der Waals surface area contributed by atoms with Gasteiger partial charge in [0.05, 0.1) is 27.6 Å². The molecule has 0 radical (unpaired) electrons. The summed E-state index contributed by atoms with van der Waals surface area (Å²) in [6.45, 7) is 1.97. The zero-order valence-electron chi connectivity index (χ0n) is 12.2. The van der Waals surface area contributed by atoms with E-state index in [1.54, 1.807) is 0 Å². The smallest absolute Gasteiger partial charge is 0.348 e. The zero-order chi connectivity index (χ0) is 16.6. The molecule has 0 bridgehead atoms. The molecule has 2 nitrogen and oxygen atoms in total. The van der Waals surface area contributed by atoms with Crippen LogP contribution in [0.2, 0.25) is 0 Å². The predicted molar refractivity (Wildman–Crippen MR) is 89.7 cm³/mol. The van der Waals surface area contributed by atoms with Crippen molar-refractivity contribution in [2.24, 2.45) is 4.99 Å². The van der Waals surface area contributed by atoms with E-state index in [4.69, 9.17) is 12.2 Å². The molecule has 0 saturated heterocycles. The maximum atomic E-state index is 12.7. The van der Waals surface area contributed by atoms with Crippen molar-refractivity contribution in [2.45, 2.75) is 19.5 Å². The number of hydrogen-bond acceptors (Lipinski definition) is 2. The number of thiocarbonyl (C=S) groups is 1. The number of aliphatic imine (C=N–C) groups is 1. The van der Waals surface area contributed by atoms with Gasteiger partial charge < -0.3 is 5.32 Å². The van der Waals surface area contributed by atoms with Crippen LogP contribution in [0.4, 0.5) is 24.5 Å². The van der Waals surface area contributed by atoms with Crippen molar-refractivity contribution in [3.05, 3.63) is 59.2 Å². The second kappa shape index (κ2) is 5.77. The van der Waals surface area contributed by atoms with Crippen molar-refractivity contribution in [3.63, 3.8) is 0 Å². The molecule has 2 aromatic rings. The third-order valence-corrected chi connectivity index (χ3v) is 3.80. The summed E-state index contributed by atoms with van der Waals surface area (Å²) in [6.07, 6.45) is -3.96. The molecule has 1 aliphatic heterocycles. The lowest BCUT2D eigenvalue weighted by Gasteiger charge is -2.09.